The van der Waals surface area contributed by atoms with Crippen LogP contribution in [0.2, 0.25) is 0 Å². The van der Waals surface area contributed by atoms with E-state index in [-0.39, 0.29) is 24.1 Å². The van der Waals surface area contributed by atoms with E-state index in [1.807, 2.05) is 6.07 Å². The number of nitriles is 1. The van der Waals surface area contributed by atoms with Gasteiger partial charge in [0.05, 0.1) is 12.4 Å². The fourth-order valence-corrected chi connectivity index (χ4v) is 3.04. The molecule has 6 heteroatoms. The number of ether oxygens (including phenoxy) is 1. The highest BCUT2D eigenvalue weighted by molar-refractivity contribution is 8.04. The van der Waals surface area contributed by atoms with Crippen LogP contribution in [0.4, 0.5) is 0 Å². The molecule has 0 aromatic carbocycles. The monoisotopic (exact) mass is 266 g/mol. The van der Waals surface area contributed by atoms with Gasteiger partial charge in [0.2, 0.25) is 5.91 Å². The van der Waals surface area contributed by atoms with Gasteiger partial charge in [-0.1, -0.05) is 11.8 Å². The molecule has 0 aromatic rings. The highest BCUT2D eigenvalue weighted by Crippen LogP contribution is 2.39. The maximum absolute atomic E-state index is 11.8. The minimum atomic E-state index is -0.637. The molecule has 18 heavy (non-hydrogen) atoms. The first-order chi connectivity index (χ1) is 8.69. The van der Waals surface area contributed by atoms with Crippen LogP contribution in [0.3, 0.4) is 0 Å². The molecular weight excluding hydrogens is 252 g/mol. The topological polar surface area (TPSA) is 70.4 Å². The van der Waals surface area contributed by atoms with Crippen molar-refractivity contribution in [3.8, 4) is 6.07 Å². The molecule has 5 nitrogen and oxygen atoms in total. The third-order valence-electron chi connectivity index (χ3n) is 3.06. The molecule has 2 aliphatic rings. The van der Waals surface area contributed by atoms with Crippen LogP contribution in [0.1, 0.15) is 26.2 Å². The molecule has 0 N–H and O–H groups in total. The van der Waals surface area contributed by atoms with E-state index in [0.717, 1.165) is 19.3 Å². The normalized spacial score (nSPS) is 22.4. The Bertz CT molecular complexity index is 449. The predicted octanol–water partition coefficient (Wildman–Crippen LogP) is 1.41. The number of esters is 1. The van der Waals surface area contributed by atoms with Crippen LogP contribution in [0.5, 0.6) is 0 Å². The summed E-state index contributed by atoms with van der Waals surface area (Å²) in [5.74, 6) is -0.352. The van der Waals surface area contributed by atoms with Crippen molar-refractivity contribution in [1.29, 1.82) is 5.26 Å². The molecule has 96 valence electrons. The number of carbonyl (C=O) groups is 2. The molecule has 1 saturated heterocycles. The first kappa shape index (κ1) is 13.0. The fourth-order valence-electron chi connectivity index (χ4n) is 1.97. The van der Waals surface area contributed by atoms with Crippen molar-refractivity contribution in [3.05, 3.63) is 10.6 Å². The van der Waals surface area contributed by atoms with E-state index in [2.05, 4.69) is 0 Å². The molecule has 0 atom stereocenters. The van der Waals surface area contributed by atoms with Gasteiger partial charge in [-0.15, -0.1) is 0 Å². The van der Waals surface area contributed by atoms with Gasteiger partial charge in [0.15, 0.2) is 5.57 Å². The quantitative estimate of drug-likeness (QED) is 0.439. The molecule has 2 rings (SSSR count). The van der Waals surface area contributed by atoms with Gasteiger partial charge in [0.25, 0.3) is 0 Å². The first-order valence-corrected chi connectivity index (χ1v) is 6.94. The highest BCUT2D eigenvalue weighted by atomic mass is 32.2. The molecule has 0 unspecified atom stereocenters. The number of hydrogen-bond acceptors (Lipinski definition) is 5. The summed E-state index contributed by atoms with van der Waals surface area (Å²) in [6, 6.07) is 2.03. The van der Waals surface area contributed by atoms with Crippen LogP contribution >= 0.6 is 11.8 Å². The number of rotatable bonds is 3. The molecule has 0 aromatic heterocycles. The van der Waals surface area contributed by atoms with Gasteiger partial charge < -0.3 is 9.64 Å². The van der Waals surface area contributed by atoms with Crippen LogP contribution in [0.25, 0.3) is 0 Å². The zero-order chi connectivity index (χ0) is 13.1. The second-order valence-corrected chi connectivity index (χ2v) is 5.11. The Morgan fingerprint density at radius 3 is 2.83 bits per heavy atom. The number of thioether (sulfide) groups is 1. The van der Waals surface area contributed by atoms with Gasteiger partial charge >= 0.3 is 5.97 Å². The lowest BCUT2D eigenvalue weighted by Gasteiger charge is -2.34. The van der Waals surface area contributed by atoms with E-state index in [1.54, 1.807) is 11.8 Å². The zero-order valence-corrected chi connectivity index (χ0v) is 11.0. The standard InChI is InChI=1S/C12H14N2O3S/c1-2-17-12(16)9(6-13)11-14(8-4-3-5-8)10(15)7-18-11/h8H,2-5,7H2,1H3/b11-9-. The number of hydrogen-bond donors (Lipinski definition) is 0. The van der Waals surface area contributed by atoms with Crippen molar-refractivity contribution in [2.75, 3.05) is 12.4 Å². The Kier molecular flexibility index (Phi) is 3.92. The lowest BCUT2D eigenvalue weighted by atomic mass is 9.91. The number of nitrogens with zero attached hydrogens (tertiary/aromatic N) is 2. The highest BCUT2D eigenvalue weighted by Gasteiger charge is 2.39. The van der Waals surface area contributed by atoms with Crippen molar-refractivity contribution in [1.82, 2.24) is 4.90 Å². The summed E-state index contributed by atoms with van der Waals surface area (Å²) in [7, 11) is 0. The summed E-state index contributed by atoms with van der Waals surface area (Å²) in [5.41, 5.74) is -0.0420. The molecule has 1 heterocycles. The summed E-state index contributed by atoms with van der Waals surface area (Å²) in [6.07, 6.45) is 2.97. The van der Waals surface area contributed by atoms with E-state index in [9.17, 15) is 9.59 Å². The van der Waals surface area contributed by atoms with Crippen LogP contribution in [-0.2, 0) is 14.3 Å². The maximum atomic E-state index is 11.8. The van der Waals surface area contributed by atoms with Crippen molar-refractivity contribution in [3.63, 3.8) is 0 Å². The van der Waals surface area contributed by atoms with Crippen molar-refractivity contribution in [2.24, 2.45) is 0 Å². The molecule has 0 bridgehead atoms. The van der Waals surface area contributed by atoms with E-state index >= 15 is 0 Å². The molecular formula is C12H14N2O3S. The lowest BCUT2D eigenvalue weighted by Crippen LogP contribution is -2.41. The summed E-state index contributed by atoms with van der Waals surface area (Å²) in [6.45, 7) is 1.91. The second-order valence-electron chi connectivity index (χ2n) is 4.15. The molecule has 0 spiro atoms. The smallest absolute Gasteiger partial charge is 0.351 e. The largest absolute Gasteiger partial charge is 0.462 e. The second kappa shape index (κ2) is 5.44. The molecule has 2 fully saturated rings. The molecule has 0 radical (unpaired) electrons. The van der Waals surface area contributed by atoms with Gasteiger partial charge in [0, 0.05) is 6.04 Å². The fraction of sp³-hybridized carbons (Fsp3) is 0.583. The SMILES string of the molecule is CCOC(=O)/C(C#N)=C1\SCC(=O)N1C1CCC1. The number of amides is 1. The minimum absolute atomic E-state index is 0.0169. The van der Waals surface area contributed by atoms with Crippen LogP contribution in [-0.4, -0.2) is 35.2 Å². The minimum Gasteiger partial charge on any atom is -0.462 e. The van der Waals surface area contributed by atoms with E-state index in [4.69, 9.17) is 10.00 Å². The summed E-state index contributed by atoms with van der Waals surface area (Å²) >= 11 is 1.26. The van der Waals surface area contributed by atoms with Crippen molar-refractivity contribution >= 4 is 23.6 Å². The van der Waals surface area contributed by atoms with E-state index in [1.165, 1.54) is 11.8 Å². The Morgan fingerprint density at radius 2 is 2.33 bits per heavy atom. The van der Waals surface area contributed by atoms with Crippen molar-refractivity contribution in [2.45, 2.75) is 32.2 Å². The molecule has 1 saturated carbocycles. The third kappa shape index (κ3) is 2.23. The van der Waals surface area contributed by atoms with Crippen LogP contribution < -0.4 is 0 Å². The lowest BCUT2D eigenvalue weighted by molar-refractivity contribution is -0.138. The Hall–Kier alpha value is -1.48. The van der Waals surface area contributed by atoms with E-state index in [0.29, 0.717) is 10.8 Å². The van der Waals surface area contributed by atoms with Crippen LogP contribution in [0, 0.1) is 11.3 Å². The Morgan fingerprint density at radius 1 is 1.61 bits per heavy atom. The average molecular weight is 266 g/mol. The molecule has 1 aliphatic heterocycles. The summed E-state index contributed by atoms with van der Waals surface area (Å²) < 4.78 is 4.85. The zero-order valence-electron chi connectivity index (χ0n) is 10.1. The van der Waals surface area contributed by atoms with Crippen LogP contribution in [0.15, 0.2) is 10.6 Å². The van der Waals surface area contributed by atoms with Crippen molar-refractivity contribution < 1.29 is 14.3 Å². The molecule has 1 amide bonds. The van der Waals surface area contributed by atoms with Gasteiger partial charge in [-0.3, -0.25) is 4.79 Å². The average Bonchev–Trinajstić information content (AvgIpc) is 2.62. The number of carbonyl (C=O) groups excluding carboxylic acids is 2. The van der Waals surface area contributed by atoms with Gasteiger partial charge in [-0.25, -0.2) is 4.79 Å². The van der Waals surface area contributed by atoms with E-state index < -0.39 is 5.97 Å². The maximum Gasteiger partial charge on any atom is 0.351 e. The molecule has 1 aliphatic carbocycles. The third-order valence-corrected chi connectivity index (χ3v) is 4.13. The van der Waals surface area contributed by atoms with Gasteiger partial charge in [0.1, 0.15) is 11.1 Å². The predicted molar refractivity (Wildman–Crippen MR) is 66.2 cm³/mol. The summed E-state index contributed by atoms with van der Waals surface area (Å²) in [4.78, 5) is 25.1. The van der Waals surface area contributed by atoms with Gasteiger partial charge in [-0.2, -0.15) is 5.26 Å². The Labute approximate surface area is 110 Å². The Balaban J connectivity index is 2.30. The van der Waals surface area contributed by atoms with Gasteiger partial charge in [-0.05, 0) is 26.2 Å². The summed E-state index contributed by atoms with van der Waals surface area (Å²) in [5, 5.41) is 9.58. The first-order valence-electron chi connectivity index (χ1n) is 5.95.